The van der Waals surface area contributed by atoms with Crippen molar-refractivity contribution in [1.82, 2.24) is 0 Å². The smallest absolute Gasteiger partial charge is 0.0577 e. The lowest BCUT2D eigenvalue weighted by molar-refractivity contribution is -0.0574. The minimum absolute atomic E-state index is 0.0791. The lowest BCUT2D eigenvalue weighted by Gasteiger charge is -2.58. The summed E-state index contributed by atoms with van der Waals surface area (Å²) in [6.07, 6.45) is 17.1. The van der Waals surface area contributed by atoms with Crippen LogP contribution in [0.2, 0.25) is 0 Å². The molecule has 0 aromatic carbocycles. The molecule has 0 aromatic heterocycles. The Morgan fingerprint density at radius 1 is 0.967 bits per heavy atom. The monoisotopic (exact) mass is 414 g/mol. The van der Waals surface area contributed by atoms with Crippen molar-refractivity contribution in [3.05, 3.63) is 11.6 Å². The van der Waals surface area contributed by atoms with Gasteiger partial charge in [0.05, 0.1) is 6.10 Å². The van der Waals surface area contributed by atoms with E-state index in [4.69, 9.17) is 0 Å². The molecule has 9 atom stereocenters. The van der Waals surface area contributed by atoms with Gasteiger partial charge in [0, 0.05) is 0 Å². The van der Waals surface area contributed by atoms with Crippen LogP contribution in [0.25, 0.3) is 0 Å². The van der Waals surface area contributed by atoms with Crippen molar-refractivity contribution in [3.8, 4) is 0 Å². The van der Waals surface area contributed by atoms with E-state index < -0.39 is 0 Å². The number of rotatable bonds is 6. The van der Waals surface area contributed by atoms with Crippen LogP contribution in [0.4, 0.5) is 0 Å². The maximum Gasteiger partial charge on any atom is 0.0577 e. The molecule has 0 amide bonds. The Kier molecular flexibility index (Phi) is 6.53. The van der Waals surface area contributed by atoms with Gasteiger partial charge in [0.2, 0.25) is 0 Å². The van der Waals surface area contributed by atoms with Crippen molar-refractivity contribution in [2.24, 2.45) is 52.3 Å². The zero-order valence-corrected chi connectivity index (χ0v) is 20.9. The van der Waals surface area contributed by atoms with E-state index in [9.17, 15) is 5.11 Å². The Hall–Kier alpha value is -0.300. The number of hydrogen-bond donors (Lipinski definition) is 1. The van der Waals surface area contributed by atoms with E-state index in [0.29, 0.717) is 10.8 Å². The Balaban J connectivity index is 1.45. The van der Waals surface area contributed by atoms with E-state index in [1.54, 1.807) is 5.57 Å². The summed E-state index contributed by atoms with van der Waals surface area (Å²) in [5.74, 6) is 6.29. The second-order valence-corrected chi connectivity index (χ2v) is 13.2. The Bertz CT molecular complexity index is 634. The molecule has 0 aliphatic heterocycles. The van der Waals surface area contributed by atoms with Gasteiger partial charge >= 0.3 is 0 Å². The molecule has 172 valence electrons. The molecule has 0 spiro atoms. The molecule has 3 fully saturated rings. The van der Waals surface area contributed by atoms with Gasteiger partial charge in [-0.3, -0.25) is 0 Å². The molecule has 0 saturated heterocycles. The van der Waals surface area contributed by atoms with Crippen LogP contribution in [0.15, 0.2) is 11.6 Å². The molecule has 4 aliphatic rings. The predicted molar refractivity (Wildman–Crippen MR) is 128 cm³/mol. The molecule has 1 N–H and O–H groups in total. The first-order valence-electron chi connectivity index (χ1n) is 13.5. The zero-order chi connectivity index (χ0) is 21.7. The average molecular weight is 415 g/mol. The van der Waals surface area contributed by atoms with E-state index in [1.807, 2.05) is 0 Å². The number of fused-ring (bicyclic) bond motifs is 5. The summed E-state index contributed by atoms with van der Waals surface area (Å²) in [5.41, 5.74) is 2.59. The lowest BCUT2D eigenvalue weighted by atomic mass is 9.47. The zero-order valence-electron chi connectivity index (χ0n) is 20.9. The van der Waals surface area contributed by atoms with Gasteiger partial charge < -0.3 is 5.11 Å². The molecule has 0 bridgehead atoms. The highest BCUT2D eigenvalue weighted by atomic mass is 16.3. The summed E-state index contributed by atoms with van der Waals surface area (Å²) in [6.45, 7) is 15.1. The quantitative estimate of drug-likeness (QED) is 0.436. The molecule has 1 nitrogen and oxygen atoms in total. The van der Waals surface area contributed by atoms with E-state index >= 15 is 0 Å². The summed E-state index contributed by atoms with van der Waals surface area (Å²) in [7, 11) is 0. The molecule has 0 heterocycles. The fourth-order valence-electron chi connectivity index (χ4n) is 9.29. The SMILES string of the molecule is CC(C)CC(C)CC[C@@H](C)[C@H]1CC[C@H]2[C@@H]3CC=C4C[C@@H](O)CC[C@]4(C)[C@H]3CC[C@]12C. The minimum atomic E-state index is -0.0791. The fourth-order valence-corrected chi connectivity index (χ4v) is 9.29. The third-order valence-electron chi connectivity index (χ3n) is 10.8. The maximum absolute atomic E-state index is 10.2. The normalized spacial score (nSPS) is 45.3. The maximum atomic E-state index is 10.2. The van der Waals surface area contributed by atoms with Gasteiger partial charge in [0.15, 0.2) is 0 Å². The van der Waals surface area contributed by atoms with Crippen LogP contribution in [-0.4, -0.2) is 11.2 Å². The molecule has 0 aromatic rings. The van der Waals surface area contributed by atoms with Gasteiger partial charge in [-0.05, 0) is 110 Å². The summed E-state index contributed by atoms with van der Waals surface area (Å²) in [4.78, 5) is 0. The highest BCUT2D eigenvalue weighted by molar-refractivity contribution is 5.25. The van der Waals surface area contributed by atoms with Gasteiger partial charge in [0.1, 0.15) is 0 Å². The van der Waals surface area contributed by atoms with E-state index in [1.165, 1.54) is 57.8 Å². The highest BCUT2D eigenvalue weighted by Gasteiger charge is 2.59. The van der Waals surface area contributed by atoms with Gasteiger partial charge in [-0.1, -0.05) is 66.0 Å². The van der Waals surface area contributed by atoms with E-state index in [2.05, 4.69) is 47.6 Å². The Morgan fingerprint density at radius 2 is 1.73 bits per heavy atom. The van der Waals surface area contributed by atoms with Crippen LogP contribution < -0.4 is 0 Å². The van der Waals surface area contributed by atoms with E-state index in [-0.39, 0.29) is 6.10 Å². The molecule has 1 unspecified atom stereocenters. The summed E-state index contributed by atoms with van der Waals surface area (Å²) < 4.78 is 0. The Labute approximate surface area is 187 Å². The van der Waals surface area contributed by atoms with Gasteiger partial charge in [-0.15, -0.1) is 0 Å². The molecular weight excluding hydrogens is 364 g/mol. The summed E-state index contributed by atoms with van der Waals surface area (Å²) in [5, 5.41) is 10.2. The largest absolute Gasteiger partial charge is 0.393 e. The van der Waals surface area contributed by atoms with Crippen molar-refractivity contribution < 1.29 is 5.11 Å². The van der Waals surface area contributed by atoms with Crippen molar-refractivity contribution >= 4 is 0 Å². The highest BCUT2D eigenvalue weighted by Crippen LogP contribution is 2.67. The molecule has 1 heteroatoms. The molecule has 3 saturated carbocycles. The molecule has 0 radical (unpaired) electrons. The standard InChI is InChI=1S/C29H50O/c1-19(2)17-20(3)7-8-21(4)25-11-12-26-24-10-9-22-18-23(30)13-15-28(22,5)27(24)14-16-29(25,26)6/h9,19-21,23-27,30H,7-8,10-18H2,1-6H3/t20?,21-,23+,24+,25-,26+,27+,28+,29-/m1/s1. The number of aliphatic hydroxyl groups excluding tert-OH is 1. The van der Waals surface area contributed by atoms with Crippen LogP contribution in [0.5, 0.6) is 0 Å². The average Bonchev–Trinajstić information content (AvgIpc) is 3.03. The predicted octanol–water partition coefficient (Wildman–Crippen LogP) is 8.02. The van der Waals surface area contributed by atoms with Gasteiger partial charge in [0.25, 0.3) is 0 Å². The number of hydrogen-bond acceptors (Lipinski definition) is 1. The van der Waals surface area contributed by atoms with Crippen molar-refractivity contribution in [2.45, 2.75) is 118 Å². The molecule has 30 heavy (non-hydrogen) atoms. The number of aliphatic hydroxyl groups is 1. The summed E-state index contributed by atoms with van der Waals surface area (Å²) in [6, 6.07) is 0. The van der Waals surface area contributed by atoms with Crippen molar-refractivity contribution in [3.63, 3.8) is 0 Å². The van der Waals surface area contributed by atoms with E-state index in [0.717, 1.165) is 54.3 Å². The van der Waals surface area contributed by atoms with Crippen LogP contribution in [0, 0.1) is 52.3 Å². The topological polar surface area (TPSA) is 20.2 Å². The number of allylic oxidation sites excluding steroid dienone is 1. The minimum Gasteiger partial charge on any atom is -0.393 e. The van der Waals surface area contributed by atoms with Crippen LogP contribution >= 0.6 is 0 Å². The lowest BCUT2D eigenvalue weighted by Crippen LogP contribution is -2.50. The first-order chi connectivity index (χ1) is 14.1. The fraction of sp³-hybridized carbons (Fsp3) is 0.931. The van der Waals surface area contributed by atoms with Crippen LogP contribution in [-0.2, 0) is 0 Å². The first kappa shape index (κ1) is 22.9. The first-order valence-corrected chi connectivity index (χ1v) is 13.5. The van der Waals surface area contributed by atoms with Crippen LogP contribution in [0.1, 0.15) is 112 Å². The molecule has 4 aliphatic carbocycles. The second-order valence-electron chi connectivity index (χ2n) is 13.2. The van der Waals surface area contributed by atoms with Crippen molar-refractivity contribution in [1.29, 1.82) is 0 Å². The Morgan fingerprint density at radius 3 is 2.47 bits per heavy atom. The third-order valence-corrected chi connectivity index (χ3v) is 10.8. The summed E-state index contributed by atoms with van der Waals surface area (Å²) >= 11 is 0. The van der Waals surface area contributed by atoms with Crippen molar-refractivity contribution in [2.75, 3.05) is 0 Å². The van der Waals surface area contributed by atoms with Crippen LogP contribution in [0.3, 0.4) is 0 Å². The third kappa shape index (κ3) is 3.95. The van der Waals surface area contributed by atoms with Gasteiger partial charge in [-0.25, -0.2) is 0 Å². The van der Waals surface area contributed by atoms with Gasteiger partial charge in [-0.2, -0.15) is 0 Å². The molecular formula is C29H50O. The second kappa shape index (κ2) is 8.57. The molecule has 4 rings (SSSR count).